The van der Waals surface area contributed by atoms with Crippen molar-refractivity contribution >= 4 is 16.8 Å². The maximum absolute atomic E-state index is 10.7. The third-order valence-electron chi connectivity index (χ3n) is 2.23. The highest BCUT2D eigenvalue weighted by molar-refractivity contribution is 6.63. The summed E-state index contributed by atoms with van der Waals surface area (Å²) in [7, 11) is 0. The number of carbonyl (C=O) groups excluding carboxylic acids is 1. The van der Waals surface area contributed by atoms with Gasteiger partial charge in [0, 0.05) is 5.92 Å². The van der Waals surface area contributed by atoms with Crippen LogP contribution in [0.4, 0.5) is 0 Å². The maximum Gasteiger partial charge on any atom is 0.294 e. The minimum absolute atomic E-state index is 0.145. The van der Waals surface area contributed by atoms with Gasteiger partial charge in [-0.05, 0) is 37.3 Å². The molecular weight excluding hydrogens is 198 g/mol. The summed E-state index contributed by atoms with van der Waals surface area (Å²) in [5.41, 5.74) is 0. The van der Waals surface area contributed by atoms with Crippen LogP contribution < -0.4 is 0 Å². The first-order valence-electron chi connectivity index (χ1n) is 4.10. The van der Waals surface area contributed by atoms with Crippen molar-refractivity contribution in [2.75, 3.05) is 0 Å². The van der Waals surface area contributed by atoms with Gasteiger partial charge < -0.3 is 4.84 Å². The first-order valence-corrected chi connectivity index (χ1v) is 4.48. The molecule has 0 heterocycles. The van der Waals surface area contributed by atoms with Gasteiger partial charge in [-0.2, -0.15) is 0 Å². The molecule has 0 aromatic rings. The molecule has 0 unspecified atom stereocenters. The molecule has 6 heteroatoms. The second kappa shape index (κ2) is 4.41. The predicted molar refractivity (Wildman–Crippen MR) is 44.7 cm³/mol. The van der Waals surface area contributed by atoms with Crippen LogP contribution in [0.25, 0.3) is 0 Å². The van der Waals surface area contributed by atoms with Gasteiger partial charge in [0.05, 0.1) is 0 Å². The molecule has 1 fully saturated rings. The lowest BCUT2D eigenvalue weighted by atomic mass is 9.88. The van der Waals surface area contributed by atoms with E-state index in [0.29, 0.717) is 25.7 Å². The standard InChI is InChI=1S/C7H10ClNO4/c8-7(10)5-1-3-6(4-2-5)13-9(11)12/h5-6H,1-4H2. The van der Waals surface area contributed by atoms with Crippen LogP contribution in [0.1, 0.15) is 25.7 Å². The third-order valence-corrected chi connectivity index (χ3v) is 2.54. The van der Waals surface area contributed by atoms with Crippen molar-refractivity contribution in [1.29, 1.82) is 0 Å². The second-order valence-electron chi connectivity index (χ2n) is 3.11. The van der Waals surface area contributed by atoms with Crippen molar-refractivity contribution in [3.63, 3.8) is 0 Å². The predicted octanol–water partition coefficient (Wildman–Crippen LogP) is 1.52. The molecule has 0 aromatic heterocycles. The molecule has 0 amide bonds. The Morgan fingerprint density at radius 1 is 1.38 bits per heavy atom. The number of rotatable bonds is 3. The molecule has 1 aliphatic carbocycles. The van der Waals surface area contributed by atoms with Crippen molar-refractivity contribution in [2.24, 2.45) is 5.92 Å². The number of halogens is 1. The molecule has 0 bridgehead atoms. The Morgan fingerprint density at radius 2 is 1.92 bits per heavy atom. The van der Waals surface area contributed by atoms with Gasteiger partial charge in [0.1, 0.15) is 6.10 Å². The maximum atomic E-state index is 10.7. The molecule has 0 aromatic carbocycles. The normalized spacial score (nSPS) is 28.1. The van der Waals surface area contributed by atoms with Crippen LogP contribution in [-0.2, 0) is 9.63 Å². The lowest BCUT2D eigenvalue weighted by molar-refractivity contribution is -0.769. The zero-order chi connectivity index (χ0) is 9.84. The van der Waals surface area contributed by atoms with Crippen LogP contribution in [0, 0.1) is 16.0 Å². The molecule has 0 N–H and O–H groups in total. The van der Waals surface area contributed by atoms with Crippen LogP contribution in [0.2, 0.25) is 0 Å². The third kappa shape index (κ3) is 3.18. The van der Waals surface area contributed by atoms with E-state index in [4.69, 9.17) is 11.6 Å². The fraction of sp³-hybridized carbons (Fsp3) is 0.857. The summed E-state index contributed by atoms with van der Waals surface area (Å²) < 4.78 is 0. The Hall–Kier alpha value is -0.840. The summed E-state index contributed by atoms with van der Waals surface area (Å²) in [4.78, 5) is 25.1. The van der Waals surface area contributed by atoms with E-state index in [9.17, 15) is 14.9 Å². The van der Waals surface area contributed by atoms with Gasteiger partial charge in [-0.3, -0.25) is 4.79 Å². The minimum atomic E-state index is -0.784. The summed E-state index contributed by atoms with van der Waals surface area (Å²) in [5.74, 6) is -0.145. The Bertz CT molecular complexity index is 213. The van der Waals surface area contributed by atoms with Crippen LogP contribution in [0.3, 0.4) is 0 Å². The van der Waals surface area contributed by atoms with Gasteiger partial charge in [-0.25, -0.2) is 0 Å². The molecular formula is C7H10ClNO4. The summed E-state index contributed by atoms with van der Waals surface area (Å²) in [6.07, 6.45) is 1.87. The van der Waals surface area contributed by atoms with Crippen LogP contribution >= 0.6 is 11.6 Å². The lowest BCUT2D eigenvalue weighted by Gasteiger charge is -2.24. The average Bonchev–Trinajstić information content (AvgIpc) is 2.04. The fourth-order valence-electron chi connectivity index (χ4n) is 1.52. The van der Waals surface area contributed by atoms with Gasteiger partial charge >= 0.3 is 0 Å². The highest BCUT2D eigenvalue weighted by atomic mass is 35.5. The van der Waals surface area contributed by atoms with E-state index in [2.05, 4.69) is 4.84 Å². The van der Waals surface area contributed by atoms with Gasteiger partial charge in [-0.15, -0.1) is 10.1 Å². The molecule has 5 nitrogen and oxygen atoms in total. The van der Waals surface area contributed by atoms with E-state index in [0.717, 1.165) is 0 Å². The van der Waals surface area contributed by atoms with E-state index < -0.39 is 5.09 Å². The van der Waals surface area contributed by atoms with Crippen LogP contribution in [-0.4, -0.2) is 16.4 Å². The summed E-state index contributed by atoms with van der Waals surface area (Å²) >= 11 is 5.30. The van der Waals surface area contributed by atoms with Crippen molar-refractivity contribution in [3.8, 4) is 0 Å². The summed E-state index contributed by atoms with van der Waals surface area (Å²) in [6, 6.07) is 0. The van der Waals surface area contributed by atoms with Crippen molar-refractivity contribution in [3.05, 3.63) is 10.1 Å². The monoisotopic (exact) mass is 207 g/mol. The topological polar surface area (TPSA) is 69.4 Å². The molecule has 74 valence electrons. The average molecular weight is 208 g/mol. The highest BCUT2D eigenvalue weighted by Crippen LogP contribution is 2.27. The quantitative estimate of drug-likeness (QED) is 0.400. The molecule has 0 spiro atoms. The van der Waals surface area contributed by atoms with E-state index in [-0.39, 0.29) is 17.3 Å². The molecule has 0 saturated heterocycles. The molecule has 13 heavy (non-hydrogen) atoms. The van der Waals surface area contributed by atoms with E-state index in [1.165, 1.54) is 0 Å². The fourth-order valence-corrected chi connectivity index (χ4v) is 1.74. The number of nitrogens with zero attached hydrogens (tertiary/aromatic N) is 1. The van der Waals surface area contributed by atoms with Crippen molar-refractivity contribution in [2.45, 2.75) is 31.8 Å². The first-order chi connectivity index (χ1) is 6.09. The first kappa shape index (κ1) is 10.2. The largest absolute Gasteiger partial charge is 0.311 e. The lowest BCUT2D eigenvalue weighted by Crippen LogP contribution is -2.26. The van der Waals surface area contributed by atoms with Crippen molar-refractivity contribution < 1.29 is 14.7 Å². The Balaban J connectivity index is 2.30. The molecule has 0 aliphatic heterocycles. The Labute approximate surface area is 80.1 Å². The molecule has 0 radical (unpaired) electrons. The summed E-state index contributed by atoms with van der Waals surface area (Å²) in [5, 5.41) is 8.84. The SMILES string of the molecule is O=C(Cl)C1CCC(O[N+](=O)[O-])CC1. The number of hydrogen-bond donors (Lipinski definition) is 0. The van der Waals surface area contributed by atoms with E-state index in [1.54, 1.807) is 0 Å². The van der Waals surface area contributed by atoms with Gasteiger partial charge in [0.2, 0.25) is 5.24 Å². The summed E-state index contributed by atoms with van der Waals surface area (Å²) in [6.45, 7) is 0. The molecule has 1 rings (SSSR count). The van der Waals surface area contributed by atoms with Gasteiger partial charge in [0.15, 0.2) is 0 Å². The highest BCUT2D eigenvalue weighted by Gasteiger charge is 2.26. The number of carbonyl (C=O) groups is 1. The molecule has 0 atom stereocenters. The number of hydrogen-bond acceptors (Lipinski definition) is 4. The van der Waals surface area contributed by atoms with Crippen LogP contribution in [0.5, 0.6) is 0 Å². The van der Waals surface area contributed by atoms with Crippen molar-refractivity contribution in [1.82, 2.24) is 0 Å². The van der Waals surface area contributed by atoms with Gasteiger partial charge in [0.25, 0.3) is 5.09 Å². The molecule has 1 aliphatic rings. The van der Waals surface area contributed by atoms with E-state index in [1.807, 2.05) is 0 Å². The van der Waals surface area contributed by atoms with Gasteiger partial charge in [-0.1, -0.05) is 0 Å². The minimum Gasteiger partial charge on any atom is -0.311 e. The second-order valence-corrected chi connectivity index (χ2v) is 3.48. The zero-order valence-electron chi connectivity index (χ0n) is 6.94. The Morgan fingerprint density at radius 3 is 2.31 bits per heavy atom. The smallest absolute Gasteiger partial charge is 0.294 e. The Kier molecular flexibility index (Phi) is 3.48. The van der Waals surface area contributed by atoms with E-state index >= 15 is 0 Å². The van der Waals surface area contributed by atoms with Crippen LogP contribution in [0.15, 0.2) is 0 Å². The zero-order valence-corrected chi connectivity index (χ0v) is 7.70. The molecule has 1 saturated carbocycles.